The van der Waals surface area contributed by atoms with Crippen LogP contribution in [-0.4, -0.2) is 35.0 Å². The molecule has 1 fully saturated rings. The molecule has 3 rings (SSSR count). The van der Waals surface area contributed by atoms with E-state index in [0.717, 1.165) is 16.5 Å². The number of carbonyl (C=O) groups excluding carboxylic acids is 1. The number of carbonyl (C=O) groups is 2. The molecule has 20 heavy (non-hydrogen) atoms. The number of aliphatic carboxylic acids is 1. The Labute approximate surface area is 120 Å². The number of fused-ring (bicyclic) bond motifs is 1. The number of hydrogen-bond donors (Lipinski definition) is 1. The first-order chi connectivity index (χ1) is 9.66. The molecule has 1 saturated heterocycles. The Morgan fingerprint density at radius 1 is 1.30 bits per heavy atom. The number of likely N-dealkylation sites (tertiary alicyclic amines) is 1. The van der Waals surface area contributed by atoms with Crippen molar-refractivity contribution in [3.05, 3.63) is 35.2 Å². The van der Waals surface area contributed by atoms with Crippen LogP contribution in [0.25, 0.3) is 10.1 Å². The van der Waals surface area contributed by atoms with Crippen molar-refractivity contribution in [1.82, 2.24) is 4.90 Å². The number of thiophene rings is 1. The number of hydrogen-bond acceptors (Lipinski definition) is 3. The van der Waals surface area contributed by atoms with Crippen LogP contribution < -0.4 is 0 Å². The van der Waals surface area contributed by atoms with Crippen molar-refractivity contribution in [3.63, 3.8) is 0 Å². The Balaban J connectivity index is 1.87. The van der Waals surface area contributed by atoms with Gasteiger partial charge in [0.05, 0.1) is 11.5 Å². The van der Waals surface area contributed by atoms with Gasteiger partial charge in [-0.15, -0.1) is 11.3 Å². The molecular weight excluding hydrogens is 274 g/mol. The van der Waals surface area contributed by atoms with Crippen LogP contribution >= 0.6 is 11.3 Å². The first kappa shape index (κ1) is 13.1. The summed E-state index contributed by atoms with van der Waals surface area (Å²) in [6.07, 6.45) is 1.41. The minimum absolute atomic E-state index is 0.0478. The Morgan fingerprint density at radius 3 is 2.90 bits per heavy atom. The normalized spacial score (nSPS) is 19.2. The topological polar surface area (TPSA) is 57.6 Å². The second-order valence-electron chi connectivity index (χ2n) is 5.07. The highest BCUT2D eigenvalue weighted by molar-refractivity contribution is 7.17. The minimum atomic E-state index is -0.808. The fourth-order valence-electron chi connectivity index (χ4n) is 2.68. The molecule has 2 heterocycles. The van der Waals surface area contributed by atoms with Crippen molar-refractivity contribution in [2.75, 3.05) is 13.1 Å². The number of nitrogens with zero attached hydrogens (tertiary/aromatic N) is 1. The molecule has 0 bridgehead atoms. The molecule has 1 aliphatic heterocycles. The lowest BCUT2D eigenvalue weighted by molar-refractivity contribution is -0.143. The van der Waals surface area contributed by atoms with E-state index in [0.29, 0.717) is 25.1 Å². The fourth-order valence-corrected chi connectivity index (χ4v) is 3.61. The zero-order chi connectivity index (χ0) is 14.1. The summed E-state index contributed by atoms with van der Waals surface area (Å²) in [5.41, 5.74) is 0.691. The van der Waals surface area contributed by atoms with E-state index in [-0.39, 0.29) is 5.91 Å². The molecule has 0 spiro atoms. The zero-order valence-corrected chi connectivity index (χ0v) is 11.7. The van der Waals surface area contributed by atoms with E-state index in [1.807, 2.05) is 29.6 Å². The van der Waals surface area contributed by atoms with Crippen molar-refractivity contribution >= 4 is 33.3 Å². The van der Waals surface area contributed by atoms with Crippen LogP contribution in [0.15, 0.2) is 29.6 Å². The lowest BCUT2D eigenvalue weighted by Gasteiger charge is -2.30. The number of carboxylic acid groups (broad SMARTS) is 1. The number of rotatable bonds is 2. The SMILES string of the molecule is O=C(O)[C@@H]1CCCN(C(=O)c2csc3ccccc23)C1. The van der Waals surface area contributed by atoms with Gasteiger partial charge in [0.2, 0.25) is 0 Å². The molecule has 1 aliphatic rings. The summed E-state index contributed by atoms with van der Waals surface area (Å²) in [6.45, 7) is 0.963. The molecule has 1 atom stereocenters. The van der Waals surface area contributed by atoms with E-state index in [4.69, 9.17) is 5.11 Å². The second kappa shape index (κ2) is 5.25. The Hall–Kier alpha value is -1.88. The number of piperidine rings is 1. The van der Waals surface area contributed by atoms with Crippen molar-refractivity contribution in [1.29, 1.82) is 0 Å². The van der Waals surface area contributed by atoms with Crippen LogP contribution in [0.4, 0.5) is 0 Å². The van der Waals surface area contributed by atoms with Crippen molar-refractivity contribution < 1.29 is 14.7 Å². The quantitative estimate of drug-likeness (QED) is 0.925. The minimum Gasteiger partial charge on any atom is -0.481 e. The van der Waals surface area contributed by atoms with Gasteiger partial charge in [-0.1, -0.05) is 18.2 Å². The summed E-state index contributed by atoms with van der Waals surface area (Å²) < 4.78 is 1.09. The van der Waals surface area contributed by atoms with Gasteiger partial charge >= 0.3 is 5.97 Å². The molecule has 5 heteroatoms. The van der Waals surface area contributed by atoms with Crippen molar-refractivity contribution in [3.8, 4) is 0 Å². The molecule has 1 aromatic carbocycles. The monoisotopic (exact) mass is 289 g/mol. The van der Waals surface area contributed by atoms with Gasteiger partial charge in [-0.05, 0) is 18.9 Å². The Bertz CT molecular complexity index is 664. The van der Waals surface area contributed by atoms with Gasteiger partial charge in [-0.25, -0.2) is 0 Å². The standard InChI is InChI=1S/C15H15NO3S/c17-14(16-7-3-4-10(8-16)15(18)19)12-9-20-13-6-2-1-5-11(12)13/h1-2,5-6,9-10H,3-4,7-8H2,(H,18,19)/t10-/m1/s1. The average Bonchev–Trinajstić information content (AvgIpc) is 2.90. The molecule has 0 saturated carbocycles. The summed E-state index contributed by atoms with van der Waals surface area (Å²) in [4.78, 5) is 25.3. The molecule has 2 aromatic rings. The summed E-state index contributed by atoms with van der Waals surface area (Å²) in [6, 6.07) is 7.81. The lowest BCUT2D eigenvalue weighted by Crippen LogP contribution is -2.42. The van der Waals surface area contributed by atoms with Crippen LogP contribution in [0, 0.1) is 5.92 Å². The second-order valence-corrected chi connectivity index (χ2v) is 5.99. The van der Waals surface area contributed by atoms with E-state index < -0.39 is 11.9 Å². The highest BCUT2D eigenvalue weighted by Crippen LogP contribution is 2.28. The van der Waals surface area contributed by atoms with Gasteiger partial charge in [0.25, 0.3) is 5.91 Å². The van der Waals surface area contributed by atoms with Crippen molar-refractivity contribution in [2.45, 2.75) is 12.8 Å². The maximum absolute atomic E-state index is 12.6. The third-order valence-corrected chi connectivity index (χ3v) is 4.73. The third-order valence-electron chi connectivity index (χ3n) is 3.77. The summed E-state index contributed by atoms with van der Waals surface area (Å²) >= 11 is 1.55. The van der Waals surface area contributed by atoms with Crippen LogP contribution in [0.3, 0.4) is 0 Å². The predicted molar refractivity (Wildman–Crippen MR) is 78.1 cm³/mol. The first-order valence-electron chi connectivity index (χ1n) is 6.65. The summed E-state index contributed by atoms with van der Waals surface area (Å²) in [5, 5.41) is 11.9. The zero-order valence-electron chi connectivity index (χ0n) is 10.9. The first-order valence-corrected chi connectivity index (χ1v) is 7.53. The maximum Gasteiger partial charge on any atom is 0.308 e. The smallest absolute Gasteiger partial charge is 0.308 e. The fraction of sp³-hybridized carbons (Fsp3) is 0.333. The highest BCUT2D eigenvalue weighted by atomic mass is 32.1. The Morgan fingerprint density at radius 2 is 2.10 bits per heavy atom. The molecule has 1 aromatic heterocycles. The van der Waals surface area contributed by atoms with Gasteiger partial charge in [-0.2, -0.15) is 0 Å². The molecule has 104 valence electrons. The predicted octanol–water partition coefficient (Wildman–Crippen LogP) is 2.84. The molecule has 0 radical (unpaired) electrons. The number of amides is 1. The van der Waals surface area contributed by atoms with E-state index in [9.17, 15) is 9.59 Å². The van der Waals surface area contributed by atoms with E-state index in [1.54, 1.807) is 16.2 Å². The van der Waals surface area contributed by atoms with Gasteiger partial charge < -0.3 is 10.0 Å². The summed E-state index contributed by atoms with van der Waals surface area (Å²) in [5.74, 6) is -1.29. The maximum atomic E-state index is 12.6. The molecule has 0 unspecified atom stereocenters. The van der Waals surface area contributed by atoms with Crippen LogP contribution in [0.5, 0.6) is 0 Å². The Kier molecular flexibility index (Phi) is 3.44. The molecular formula is C15H15NO3S. The average molecular weight is 289 g/mol. The van der Waals surface area contributed by atoms with Crippen LogP contribution in [-0.2, 0) is 4.79 Å². The van der Waals surface area contributed by atoms with Gasteiger partial charge in [0.1, 0.15) is 0 Å². The molecule has 1 amide bonds. The largest absolute Gasteiger partial charge is 0.481 e. The third kappa shape index (κ3) is 2.29. The van der Waals surface area contributed by atoms with Gasteiger partial charge in [0.15, 0.2) is 0 Å². The lowest BCUT2D eigenvalue weighted by atomic mass is 9.97. The molecule has 0 aliphatic carbocycles. The number of carboxylic acids is 1. The van der Waals surface area contributed by atoms with E-state index in [2.05, 4.69) is 0 Å². The molecule has 4 nitrogen and oxygen atoms in total. The van der Waals surface area contributed by atoms with Crippen LogP contribution in [0.2, 0.25) is 0 Å². The van der Waals surface area contributed by atoms with Gasteiger partial charge in [-0.3, -0.25) is 9.59 Å². The van der Waals surface area contributed by atoms with E-state index >= 15 is 0 Å². The summed E-state index contributed by atoms with van der Waals surface area (Å²) in [7, 11) is 0. The van der Waals surface area contributed by atoms with Crippen LogP contribution in [0.1, 0.15) is 23.2 Å². The highest BCUT2D eigenvalue weighted by Gasteiger charge is 2.29. The van der Waals surface area contributed by atoms with Crippen molar-refractivity contribution in [2.24, 2.45) is 5.92 Å². The van der Waals surface area contributed by atoms with E-state index in [1.165, 1.54) is 0 Å². The number of benzene rings is 1. The van der Waals surface area contributed by atoms with Gasteiger partial charge in [0, 0.05) is 28.6 Å². The molecule has 1 N–H and O–H groups in total.